The summed E-state index contributed by atoms with van der Waals surface area (Å²) in [4.78, 5) is 35.0. The molecule has 1 unspecified atom stereocenters. The maximum absolute atomic E-state index is 12.2. The van der Waals surface area contributed by atoms with Gasteiger partial charge in [-0.25, -0.2) is 9.59 Å². The molecule has 4 N–H and O–H groups in total. The first-order valence-electron chi connectivity index (χ1n) is 8.53. The quantitative estimate of drug-likeness (QED) is 0.589. The minimum Gasteiger partial charge on any atom is -0.449 e. The van der Waals surface area contributed by atoms with Gasteiger partial charge in [0.15, 0.2) is 6.10 Å². The van der Waals surface area contributed by atoms with Crippen molar-refractivity contribution in [3.05, 3.63) is 59.7 Å². The molecule has 2 aromatic rings. The summed E-state index contributed by atoms with van der Waals surface area (Å²) in [7, 11) is 0. The Hall–Kier alpha value is -3.76. The van der Waals surface area contributed by atoms with Crippen LogP contribution in [0.25, 0.3) is 0 Å². The molecule has 0 bridgehead atoms. The SMILES string of the molecule is CC(OC(=O)c1ccc(CNC(N)=O)cc1)C(=O)Nc1ccc(OC(F)(F)F)cc1. The maximum atomic E-state index is 12.2. The zero-order valence-corrected chi connectivity index (χ0v) is 15.7. The molecule has 0 aromatic heterocycles. The number of benzene rings is 2. The van der Waals surface area contributed by atoms with Crippen molar-refractivity contribution in [2.24, 2.45) is 5.73 Å². The van der Waals surface area contributed by atoms with E-state index in [4.69, 9.17) is 10.5 Å². The van der Waals surface area contributed by atoms with Gasteiger partial charge in [-0.15, -0.1) is 13.2 Å². The van der Waals surface area contributed by atoms with Crippen molar-refractivity contribution in [2.75, 3.05) is 5.32 Å². The van der Waals surface area contributed by atoms with Crippen LogP contribution in [-0.4, -0.2) is 30.4 Å². The number of carbonyl (C=O) groups excluding carboxylic acids is 3. The summed E-state index contributed by atoms with van der Waals surface area (Å²) in [6.07, 6.45) is -5.98. The Labute approximate surface area is 169 Å². The van der Waals surface area contributed by atoms with Gasteiger partial charge in [0.25, 0.3) is 5.91 Å². The molecule has 1 atom stereocenters. The smallest absolute Gasteiger partial charge is 0.449 e. The molecule has 160 valence electrons. The van der Waals surface area contributed by atoms with E-state index in [1.807, 2.05) is 0 Å². The minimum absolute atomic E-state index is 0.186. The zero-order chi connectivity index (χ0) is 22.3. The van der Waals surface area contributed by atoms with E-state index in [9.17, 15) is 27.6 Å². The van der Waals surface area contributed by atoms with E-state index in [1.165, 1.54) is 31.2 Å². The monoisotopic (exact) mass is 425 g/mol. The Balaban J connectivity index is 1.88. The number of nitrogens with two attached hydrogens (primary N) is 1. The summed E-state index contributed by atoms with van der Waals surface area (Å²) in [5.41, 5.74) is 6.06. The molecule has 30 heavy (non-hydrogen) atoms. The average molecular weight is 425 g/mol. The summed E-state index contributed by atoms with van der Waals surface area (Å²) in [5.74, 6) is -1.86. The van der Waals surface area contributed by atoms with Gasteiger partial charge in [-0.1, -0.05) is 12.1 Å². The Morgan fingerprint density at radius 2 is 1.63 bits per heavy atom. The molecule has 0 heterocycles. The summed E-state index contributed by atoms with van der Waals surface area (Å²) >= 11 is 0. The molecular formula is C19H18F3N3O5. The standard InChI is InChI=1S/C19H18F3N3O5/c1-11(16(26)25-14-6-8-15(9-7-14)30-19(20,21)22)29-17(27)13-4-2-12(3-5-13)10-24-18(23)28/h2-9,11H,10H2,1H3,(H,25,26)(H3,23,24,28). The largest absolute Gasteiger partial charge is 0.573 e. The molecular weight excluding hydrogens is 407 g/mol. The van der Waals surface area contributed by atoms with Crippen LogP contribution in [0.4, 0.5) is 23.7 Å². The molecule has 0 saturated carbocycles. The van der Waals surface area contributed by atoms with Crippen LogP contribution in [-0.2, 0) is 16.1 Å². The lowest BCUT2D eigenvalue weighted by Crippen LogP contribution is -2.30. The number of ether oxygens (including phenoxy) is 2. The molecule has 0 aliphatic rings. The van der Waals surface area contributed by atoms with E-state index in [0.717, 1.165) is 12.1 Å². The minimum atomic E-state index is -4.82. The number of amides is 3. The third-order valence-corrected chi connectivity index (χ3v) is 3.66. The number of hydrogen-bond donors (Lipinski definition) is 3. The van der Waals surface area contributed by atoms with Crippen LogP contribution in [0.2, 0.25) is 0 Å². The van der Waals surface area contributed by atoms with Crippen molar-refractivity contribution < 1.29 is 37.0 Å². The van der Waals surface area contributed by atoms with E-state index >= 15 is 0 Å². The van der Waals surface area contributed by atoms with Crippen LogP contribution in [0.1, 0.15) is 22.8 Å². The van der Waals surface area contributed by atoms with Crippen LogP contribution in [0, 0.1) is 0 Å². The summed E-state index contributed by atoms with van der Waals surface area (Å²) in [6, 6.07) is 9.92. The molecule has 8 nitrogen and oxygen atoms in total. The third-order valence-electron chi connectivity index (χ3n) is 3.66. The predicted octanol–water partition coefficient (Wildman–Crippen LogP) is 2.94. The average Bonchev–Trinajstić information content (AvgIpc) is 2.67. The lowest BCUT2D eigenvalue weighted by Gasteiger charge is -2.14. The van der Waals surface area contributed by atoms with Crippen molar-refractivity contribution >= 4 is 23.6 Å². The second-order valence-electron chi connectivity index (χ2n) is 6.02. The molecule has 0 aliphatic carbocycles. The fourth-order valence-electron chi connectivity index (χ4n) is 2.21. The lowest BCUT2D eigenvalue weighted by molar-refractivity contribution is -0.274. The van der Waals surface area contributed by atoms with Gasteiger partial charge < -0.3 is 25.8 Å². The second-order valence-corrected chi connectivity index (χ2v) is 6.02. The van der Waals surface area contributed by atoms with E-state index in [1.54, 1.807) is 12.1 Å². The number of halogens is 3. The number of rotatable bonds is 7. The van der Waals surface area contributed by atoms with Crippen molar-refractivity contribution in [1.29, 1.82) is 0 Å². The normalized spacial score (nSPS) is 11.9. The molecule has 0 spiro atoms. The Kier molecular flexibility index (Phi) is 7.23. The number of anilines is 1. The molecule has 2 aromatic carbocycles. The van der Waals surface area contributed by atoms with Gasteiger partial charge in [-0.2, -0.15) is 0 Å². The van der Waals surface area contributed by atoms with Gasteiger partial charge in [-0.3, -0.25) is 4.79 Å². The van der Waals surface area contributed by atoms with Gasteiger partial charge in [0.1, 0.15) is 5.75 Å². The van der Waals surface area contributed by atoms with Gasteiger partial charge in [-0.05, 0) is 48.9 Å². The van der Waals surface area contributed by atoms with Gasteiger partial charge >= 0.3 is 18.4 Å². The molecule has 2 rings (SSSR count). The topological polar surface area (TPSA) is 120 Å². The fourth-order valence-corrected chi connectivity index (χ4v) is 2.21. The predicted molar refractivity (Wildman–Crippen MR) is 99.5 cm³/mol. The molecule has 11 heteroatoms. The summed E-state index contributed by atoms with van der Waals surface area (Å²) in [5, 5.41) is 4.82. The van der Waals surface area contributed by atoms with Gasteiger partial charge in [0.2, 0.25) is 0 Å². The fraction of sp³-hybridized carbons (Fsp3) is 0.211. The van der Waals surface area contributed by atoms with E-state index in [-0.39, 0.29) is 17.8 Å². The van der Waals surface area contributed by atoms with E-state index in [0.29, 0.717) is 5.56 Å². The number of esters is 1. The van der Waals surface area contributed by atoms with E-state index < -0.39 is 36.1 Å². The Morgan fingerprint density at radius 3 is 2.17 bits per heavy atom. The highest BCUT2D eigenvalue weighted by Gasteiger charge is 2.31. The van der Waals surface area contributed by atoms with Crippen molar-refractivity contribution in [1.82, 2.24) is 5.32 Å². The zero-order valence-electron chi connectivity index (χ0n) is 15.7. The molecule has 0 aliphatic heterocycles. The number of urea groups is 1. The summed E-state index contributed by atoms with van der Waals surface area (Å²) in [6.45, 7) is 1.54. The highest BCUT2D eigenvalue weighted by atomic mass is 19.4. The van der Waals surface area contributed by atoms with Crippen LogP contribution in [0.15, 0.2) is 48.5 Å². The summed E-state index contributed by atoms with van der Waals surface area (Å²) < 4.78 is 45.3. The van der Waals surface area contributed by atoms with Crippen LogP contribution >= 0.6 is 0 Å². The van der Waals surface area contributed by atoms with E-state index in [2.05, 4.69) is 15.4 Å². The highest BCUT2D eigenvalue weighted by molar-refractivity contribution is 5.97. The van der Waals surface area contributed by atoms with Crippen molar-refractivity contribution in [3.8, 4) is 5.75 Å². The van der Waals surface area contributed by atoms with Crippen LogP contribution < -0.4 is 21.1 Å². The highest BCUT2D eigenvalue weighted by Crippen LogP contribution is 2.24. The van der Waals surface area contributed by atoms with Crippen molar-refractivity contribution in [3.63, 3.8) is 0 Å². The lowest BCUT2D eigenvalue weighted by atomic mass is 10.1. The number of hydrogen-bond acceptors (Lipinski definition) is 5. The maximum Gasteiger partial charge on any atom is 0.573 e. The molecule has 3 amide bonds. The van der Waals surface area contributed by atoms with Crippen molar-refractivity contribution in [2.45, 2.75) is 25.9 Å². The first-order chi connectivity index (χ1) is 14.0. The first-order valence-corrected chi connectivity index (χ1v) is 8.53. The molecule has 0 radical (unpaired) electrons. The number of carbonyl (C=O) groups is 3. The first kappa shape index (κ1) is 22.5. The Bertz CT molecular complexity index is 899. The second kappa shape index (κ2) is 9.63. The molecule has 0 saturated heterocycles. The van der Waals surface area contributed by atoms with Crippen LogP contribution in [0.5, 0.6) is 5.75 Å². The number of primary amides is 1. The van der Waals surface area contributed by atoms with Crippen LogP contribution in [0.3, 0.4) is 0 Å². The Morgan fingerprint density at radius 1 is 1.03 bits per heavy atom. The number of nitrogens with one attached hydrogen (secondary N) is 2. The number of alkyl halides is 3. The molecule has 0 fully saturated rings. The van der Waals surface area contributed by atoms with Gasteiger partial charge in [0.05, 0.1) is 5.56 Å². The van der Waals surface area contributed by atoms with Gasteiger partial charge in [0, 0.05) is 12.2 Å². The third kappa shape index (κ3) is 7.34.